The van der Waals surface area contributed by atoms with Gasteiger partial charge in [-0.25, -0.2) is 0 Å². The fourth-order valence-corrected chi connectivity index (χ4v) is 4.04. The van der Waals surface area contributed by atoms with Crippen LogP contribution in [0.1, 0.15) is 11.1 Å². The van der Waals surface area contributed by atoms with E-state index in [1.807, 2.05) is 54.6 Å². The van der Waals surface area contributed by atoms with Gasteiger partial charge in [0.1, 0.15) is 10.6 Å². The monoisotopic (exact) mass is 388 g/mol. The first kappa shape index (κ1) is 14.3. The average molecular weight is 388 g/mol. The molecule has 100 valence electrons. The molecule has 2 aromatic rings. The highest BCUT2D eigenvalue weighted by Crippen LogP contribution is 2.23. The molecule has 0 bridgehead atoms. The molecule has 0 aliphatic rings. The molecule has 0 fully saturated rings. The summed E-state index contributed by atoms with van der Waals surface area (Å²) in [5.41, 5.74) is 2.06. The Morgan fingerprint density at radius 3 is 2.11 bits per heavy atom. The van der Waals surface area contributed by atoms with E-state index in [1.54, 1.807) is 24.3 Å². The largest absolute Gasteiger partial charge is 0.379 e. The molecule has 0 radical (unpaired) electrons. The SMILES string of the molecule is Cc1ccc(OS(=O)(=O)c2ccc(C)cc2I)cc1. The fourth-order valence-electron chi connectivity index (χ4n) is 1.57. The van der Waals surface area contributed by atoms with Crippen LogP contribution in [0.3, 0.4) is 0 Å². The maximum absolute atomic E-state index is 12.2. The maximum Gasteiger partial charge on any atom is 0.340 e. The number of hydrogen-bond donors (Lipinski definition) is 0. The zero-order chi connectivity index (χ0) is 14.0. The van der Waals surface area contributed by atoms with Crippen molar-refractivity contribution in [1.29, 1.82) is 0 Å². The minimum atomic E-state index is -3.78. The van der Waals surface area contributed by atoms with Crippen molar-refractivity contribution in [3.63, 3.8) is 0 Å². The highest BCUT2D eigenvalue weighted by atomic mass is 127. The van der Waals surface area contributed by atoms with Crippen LogP contribution in [0.2, 0.25) is 0 Å². The lowest BCUT2D eigenvalue weighted by Crippen LogP contribution is -2.11. The van der Waals surface area contributed by atoms with E-state index >= 15 is 0 Å². The van der Waals surface area contributed by atoms with Crippen LogP contribution in [0.5, 0.6) is 5.75 Å². The molecule has 5 heteroatoms. The van der Waals surface area contributed by atoms with Crippen LogP contribution >= 0.6 is 22.6 Å². The fraction of sp³-hybridized carbons (Fsp3) is 0.143. The quantitative estimate of drug-likeness (QED) is 0.595. The van der Waals surface area contributed by atoms with Crippen molar-refractivity contribution in [3.8, 4) is 5.75 Å². The van der Waals surface area contributed by atoms with Crippen LogP contribution in [0, 0.1) is 17.4 Å². The minimum Gasteiger partial charge on any atom is -0.379 e. The molecule has 0 amide bonds. The van der Waals surface area contributed by atoms with Gasteiger partial charge in [0.25, 0.3) is 0 Å². The van der Waals surface area contributed by atoms with E-state index in [0.717, 1.165) is 11.1 Å². The Balaban J connectivity index is 2.35. The van der Waals surface area contributed by atoms with Gasteiger partial charge in [-0.3, -0.25) is 0 Å². The van der Waals surface area contributed by atoms with Gasteiger partial charge in [0, 0.05) is 3.57 Å². The Labute approximate surface area is 126 Å². The second-order valence-electron chi connectivity index (χ2n) is 4.28. The molecule has 0 aliphatic heterocycles. The molecule has 0 aromatic heterocycles. The Kier molecular flexibility index (Phi) is 4.15. The zero-order valence-corrected chi connectivity index (χ0v) is 13.5. The van der Waals surface area contributed by atoms with Crippen molar-refractivity contribution in [2.45, 2.75) is 18.7 Å². The molecule has 0 heterocycles. The Hall–Kier alpha value is -1.08. The van der Waals surface area contributed by atoms with Crippen molar-refractivity contribution in [2.24, 2.45) is 0 Å². The summed E-state index contributed by atoms with van der Waals surface area (Å²) in [7, 11) is -3.78. The van der Waals surface area contributed by atoms with Crippen molar-refractivity contribution < 1.29 is 12.6 Å². The molecule has 0 unspecified atom stereocenters. The first-order valence-electron chi connectivity index (χ1n) is 5.66. The summed E-state index contributed by atoms with van der Waals surface area (Å²) in [6, 6.07) is 12.1. The number of aryl methyl sites for hydroxylation is 2. The number of rotatable bonds is 3. The van der Waals surface area contributed by atoms with Crippen LogP contribution in [-0.2, 0) is 10.1 Å². The van der Waals surface area contributed by atoms with Gasteiger partial charge in [0.05, 0.1) is 0 Å². The normalized spacial score (nSPS) is 11.3. The van der Waals surface area contributed by atoms with Crippen LogP contribution in [-0.4, -0.2) is 8.42 Å². The summed E-state index contributed by atoms with van der Waals surface area (Å²) in [5.74, 6) is 0.321. The topological polar surface area (TPSA) is 43.4 Å². The maximum atomic E-state index is 12.2. The predicted octanol–water partition coefficient (Wildman–Crippen LogP) is 3.68. The van der Waals surface area contributed by atoms with Gasteiger partial charge in [-0.05, 0) is 66.3 Å². The highest BCUT2D eigenvalue weighted by Gasteiger charge is 2.19. The molecule has 3 nitrogen and oxygen atoms in total. The number of halogens is 1. The van der Waals surface area contributed by atoms with Gasteiger partial charge in [-0.15, -0.1) is 0 Å². The Bertz CT molecular complexity index is 691. The molecule has 0 atom stereocenters. The zero-order valence-electron chi connectivity index (χ0n) is 10.6. The first-order valence-corrected chi connectivity index (χ1v) is 8.14. The molecule has 0 N–H and O–H groups in total. The predicted molar refractivity (Wildman–Crippen MR) is 82.9 cm³/mol. The van der Waals surface area contributed by atoms with E-state index in [1.165, 1.54) is 0 Å². The lowest BCUT2D eigenvalue weighted by Gasteiger charge is -2.09. The van der Waals surface area contributed by atoms with Crippen molar-refractivity contribution in [2.75, 3.05) is 0 Å². The summed E-state index contributed by atoms with van der Waals surface area (Å²) in [6.07, 6.45) is 0. The van der Waals surface area contributed by atoms with Crippen LogP contribution in [0.25, 0.3) is 0 Å². The van der Waals surface area contributed by atoms with Crippen molar-refractivity contribution in [3.05, 3.63) is 57.2 Å². The summed E-state index contributed by atoms with van der Waals surface area (Å²) in [4.78, 5) is 0.194. The lowest BCUT2D eigenvalue weighted by atomic mass is 10.2. The number of benzene rings is 2. The van der Waals surface area contributed by atoms with E-state index < -0.39 is 10.1 Å². The van der Waals surface area contributed by atoms with Gasteiger partial charge in [-0.1, -0.05) is 23.8 Å². The second kappa shape index (κ2) is 5.50. The van der Waals surface area contributed by atoms with Crippen molar-refractivity contribution >= 4 is 32.7 Å². The third-order valence-electron chi connectivity index (χ3n) is 2.58. The summed E-state index contributed by atoms with van der Waals surface area (Å²) in [6.45, 7) is 3.85. The second-order valence-corrected chi connectivity index (χ2v) is 6.96. The van der Waals surface area contributed by atoms with Gasteiger partial charge in [-0.2, -0.15) is 8.42 Å². The molecule has 0 aliphatic carbocycles. The van der Waals surface area contributed by atoms with Gasteiger partial charge in [0.2, 0.25) is 0 Å². The summed E-state index contributed by atoms with van der Waals surface area (Å²) in [5, 5.41) is 0. The van der Waals surface area contributed by atoms with E-state index in [4.69, 9.17) is 4.18 Å². The molecule has 0 saturated carbocycles. The van der Waals surface area contributed by atoms with E-state index in [0.29, 0.717) is 9.32 Å². The molecular formula is C14H13IO3S. The third-order valence-corrected chi connectivity index (χ3v) is 5.15. The van der Waals surface area contributed by atoms with Gasteiger partial charge < -0.3 is 4.18 Å². The summed E-state index contributed by atoms with van der Waals surface area (Å²) < 4.78 is 30.2. The Morgan fingerprint density at radius 2 is 1.53 bits per heavy atom. The molecule has 19 heavy (non-hydrogen) atoms. The Morgan fingerprint density at radius 1 is 0.947 bits per heavy atom. The summed E-state index contributed by atoms with van der Waals surface area (Å²) >= 11 is 2.00. The first-order chi connectivity index (χ1) is 8.88. The van der Waals surface area contributed by atoms with Crippen LogP contribution < -0.4 is 4.18 Å². The molecule has 0 spiro atoms. The van der Waals surface area contributed by atoms with Crippen LogP contribution in [0.15, 0.2) is 47.4 Å². The third kappa shape index (κ3) is 3.48. The average Bonchev–Trinajstić information content (AvgIpc) is 2.31. The highest BCUT2D eigenvalue weighted by molar-refractivity contribution is 14.1. The van der Waals surface area contributed by atoms with Gasteiger partial charge >= 0.3 is 10.1 Å². The lowest BCUT2D eigenvalue weighted by molar-refractivity contribution is 0.485. The molecule has 0 saturated heterocycles. The van der Waals surface area contributed by atoms with E-state index in [9.17, 15) is 8.42 Å². The van der Waals surface area contributed by atoms with Gasteiger partial charge in [0.15, 0.2) is 0 Å². The molecule has 2 aromatic carbocycles. The standard InChI is InChI=1S/C14H13IO3S/c1-10-3-6-12(7-4-10)18-19(16,17)14-8-5-11(2)9-13(14)15/h3-9H,1-2H3. The smallest absolute Gasteiger partial charge is 0.340 e. The minimum absolute atomic E-state index is 0.194. The van der Waals surface area contributed by atoms with Crippen LogP contribution in [0.4, 0.5) is 0 Å². The van der Waals surface area contributed by atoms with Crippen molar-refractivity contribution in [1.82, 2.24) is 0 Å². The number of hydrogen-bond acceptors (Lipinski definition) is 3. The molecule has 2 rings (SSSR count). The molecular weight excluding hydrogens is 375 g/mol. The van der Waals surface area contributed by atoms with E-state index in [-0.39, 0.29) is 4.90 Å². The van der Waals surface area contributed by atoms with E-state index in [2.05, 4.69) is 0 Å².